The Morgan fingerprint density at radius 2 is 0.701 bits per heavy atom. The molecule has 2 unspecified atom stereocenters. The lowest BCUT2D eigenvalue weighted by molar-refractivity contribution is -0.938. The van der Waals surface area contributed by atoms with Crippen LogP contribution in [0.25, 0.3) is 66.8 Å². The Morgan fingerprint density at radius 3 is 1.06 bits per heavy atom. The van der Waals surface area contributed by atoms with Gasteiger partial charge < -0.3 is 4.48 Å². The highest BCUT2D eigenvalue weighted by Gasteiger charge is 2.66. The smallest absolute Gasteiger partial charge is 0.324 e. The molecule has 4 heteroatoms. The van der Waals surface area contributed by atoms with E-state index in [1.807, 2.05) is 31.2 Å². The second kappa shape index (κ2) is 20.9. The number of quaternary nitrogens is 1. The van der Waals surface area contributed by atoms with E-state index in [1.54, 1.807) is 56.3 Å². The van der Waals surface area contributed by atoms with Crippen LogP contribution < -0.4 is 0 Å². The first-order valence-corrected chi connectivity index (χ1v) is 27.9. The molecule has 2 aliphatic heterocycles. The molecule has 2 atom stereocenters. The topological polar surface area (TPSA) is 0 Å². The van der Waals surface area contributed by atoms with E-state index in [4.69, 9.17) is 0 Å². The highest BCUT2D eigenvalue weighted by atomic mass is 19.4. The zero-order chi connectivity index (χ0) is 53.4. The van der Waals surface area contributed by atoms with E-state index in [0.717, 1.165) is 55.6 Å². The third-order valence-electron chi connectivity index (χ3n) is 18.6. The van der Waals surface area contributed by atoms with Crippen LogP contribution in [0.2, 0.25) is 0 Å². The Morgan fingerprint density at radius 1 is 0.390 bits per heavy atom. The number of halogens is 3. The molecule has 1 spiro atoms. The summed E-state index contributed by atoms with van der Waals surface area (Å²) in [7, 11) is 0. The van der Waals surface area contributed by atoms with E-state index < -0.39 is 22.9 Å². The summed E-state index contributed by atoms with van der Waals surface area (Å²) in [5.41, 5.74) is 13.7. The molecule has 0 amide bonds. The zero-order valence-corrected chi connectivity index (χ0v) is 45.4. The molecule has 0 saturated carbocycles. The van der Waals surface area contributed by atoms with Crippen LogP contribution in [0.3, 0.4) is 0 Å². The quantitative estimate of drug-likeness (QED) is 0.107. The van der Waals surface area contributed by atoms with Crippen LogP contribution in [0.5, 0.6) is 0 Å². The second-order valence-electron chi connectivity index (χ2n) is 23.4. The Bertz CT molecular complexity index is 3390. The molecule has 0 bridgehead atoms. The van der Waals surface area contributed by atoms with Crippen molar-refractivity contribution in [2.45, 2.75) is 89.6 Å². The zero-order valence-electron chi connectivity index (χ0n) is 45.4. The van der Waals surface area contributed by atoms with Crippen molar-refractivity contribution in [2.24, 2.45) is 5.41 Å². The minimum atomic E-state index is -4.64. The first-order valence-electron chi connectivity index (χ1n) is 27.9. The van der Waals surface area contributed by atoms with Crippen LogP contribution in [-0.4, -0.2) is 36.8 Å². The Kier molecular flexibility index (Phi) is 14.1. The molecule has 11 rings (SSSR count). The maximum Gasteiger partial charge on any atom is 0.402 e. The molecule has 0 aliphatic carbocycles. The monoisotopic (exact) mass is 1020 g/mol. The van der Waals surface area contributed by atoms with Gasteiger partial charge in [0.05, 0.1) is 26.2 Å². The third kappa shape index (κ3) is 10.0. The summed E-state index contributed by atoms with van der Waals surface area (Å²) in [6, 6.07) is 75.9. The Hall–Kier alpha value is -7.27. The van der Waals surface area contributed by atoms with E-state index in [1.165, 1.54) is 90.6 Å². The van der Waals surface area contributed by atoms with Crippen molar-refractivity contribution in [3.05, 3.63) is 252 Å². The lowest BCUT2D eigenvalue weighted by Crippen LogP contribution is -2.58. The number of alkyl halides is 3. The maximum absolute atomic E-state index is 16.6. The van der Waals surface area contributed by atoms with Gasteiger partial charge in [0.1, 0.15) is 5.41 Å². The van der Waals surface area contributed by atoms with Gasteiger partial charge in [0.25, 0.3) is 0 Å². The van der Waals surface area contributed by atoms with E-state index in [-0.39, 0.29) is 16.5 Å². The van der Waals surface area contributed by atoms with Gasteiger partial charge in [-0.25, -0.2) is 0 Å². The predicted octanol–water partition coefficient (Wildman–Crippen LogP) is 19.7. The van der Waals surface area contributed by atoms with Crippen LogP contribution in [0, 0.1) is 12.3 Å². The molecule has 388 valence electrons. The fraction of sp³-hybridized carbons (Fsp3) is 0.260. The van der Waals surface area contributed by atoms with Crippen molar-refractivity contribution < 1.29 is 17.7 Å². The highest BCUT2D eigenvalue weighted by molar-refractivity contribution is 5.75. The lowest BCUT2D eigenvalue weighted by atomic mass is 9.52. The molecule has 77 heavy (non-hydrogen) atoms. The summed E-state index contributed by atoms with van der Waals surface area (Å²) in [4.78, 5) is 0. The predicted molar refractivity (Wildman–Crippen MR) is 316 cm³/mol. The minimum absolute atomic E-state index is 0.220. The van der Waals surface area contributed by atoms with Crippen molar-refractivity contribution in [2.75, 3.05) is 26.2 Å². The van der Waals surface area contributed by atoms with Crippen LogP contribution in [-0.2, 0) is 10.8 Å². The van der Waals surface area contributed by atoms with E-state index in [2.05, 4.69) is 172 Å². The van der Waals surface area contributed by atoms with Crippen LogP contribution in [0.1, 0.15) is 93.5 Å². The largest absolute Gasteiger partial charge is 0.402 e. The van der Waals surface area contributed by atoms with E-state index in [9.17, 15) is 0 Å². The summed E-state index contributed by atoms with van der Waals surface area (Å²) >= 11 is 0. The maximum atomic E-state index is 16.6. The molecule has 2 saturated heterocycles. The van der Waals surface area contributed by atoms with Gasteiger partial charge in [-0.15, -0.1) is 0 Å². The first-order chi connectivity index (χ1) is 37.1. The number of piperidine rings is 2. The van der Waals surface area contributed by atoms with Crippen molar-refractivity contribution in [1.29, 1.82) is 0 Å². The average Bonchev–Trinajstić information content (AvgIpc) is 3.66. The van der Waals surface area contributed by atoms with Crippen molar-refractivity contribution in [3.63, 3.8) is 0 Å². The van der Waals surface area contributed by atoms with Crippen molar-refractivity contribution in [1.82, 2.24) is 0 Å². The fourth-order valence-corrected chi connectivity index (χ4v) is 13.3. The molecule has 0 aromatic heterocycles. The number of hydrogen-bond donors (Lipinski definition) is 0. The van der Waals surface area contributed by atoms with E-state index >= 15 is 13.2 Å². The van der Waals surface area contributed by atoms with Crippen molar-refractivity contribution >= 4 is 0 Å². The molecule has 2 aliphatic rings. The highest BCUT2D eigenvalue weighted by Crippen LogP contribution is 2.61. The number of aryl methyl sites for hydroxylation is 1. The molecule has 2 heterocycles. The van der Waals surface area contributed by atoms with Gasteiger partial charge in [-0.05, 0) is 127 Å². The second-order valence-corrected chi connectivity index (χ2v) is 23.4. The number of nitrogens with zero attached hydrogens (tertiary/aromatic N) is 1. The average molecular weight is 1020 g/mol. The van der Waals surface area contributed by atoms with Crippen LogP contribution >= 0.6 is 0 Å². The molecular weight excluding hydrogens is 948 g/mol. The molecular formula is C73H71F3N+. The fourth-order valence-electron chi connectivity index (χ4n) is 13.3. The number of benzene rings is 9. The summed E-state index contributed by atoms with van der Waals surface area (Å²) in [6.07, 6.45) is 2.10. The van der Waals surface area contributed by atoms with Gasteiger partial charge in [-0.2, -0.15) is 13.2 Å². The van der Waals surface area contributed by atoms with E-state index in [0.29, 0.717) is 0 Å². The summed E-state index contributed by atoms with van der Waals surface area (Å²) in [6.45, 7) is 15.5. The van der Waals surface area contributed by atoms with Gasteiger partial charge in [0, 0.05) is 18.3 Å². The standard InChI is InChI=1S/C73H71F3N/c1-52-14-16-55(17-15-52)57-22-24-59(25-23-57)62-32-36-64(37-33-62)66-40-44-69(45-41-66)72(73(74,75)76,68-12-8-6-9-13-68)70(3,4)53(2)54-18-20-56(21-19-54)58-26-28-60(29-27-58)61-30-34-63(35-31-61)65-38-42-67(43-39-65)71(5)46-50-77(51-47-71)48-10-7-11-49-77/h6,8-9,12-45,53H,7,10-11,46-51H2,1-5H3/q+1. The summed E-state index contributed by atoms with van der Waals surface area (Å²) < 4.78 is 51.0. The van der Waals surface area contributed by atoms with Gasteiger partial charge in [-0.1, -0.05) is 258 Å². The van der Waals surface area contributed by atoms with Crippen LogP contribution in [0.15, 0.2) is 224 Å². The molecule has 9 aromatic rings. The number of rotatable bonds is 12. The first kappa shape index (κ1) is 51.8. The van der Waals surface area contributed by atoms with Gasteiger partial charge in [-0.3, -0.25) is 0 Å². The lowest BCUT2D eigenvalue weighted by Gasteiger charge is -2.52. The summed E-state index contributed by atoms with van der Waals surface area (Å²) in [5.74, 6) is -0.492. The molecule has 0 radical (unpaired) electrons. The number of hydrogen-bond acceptors (Lipinski definition) is 0. The molecule has 9 aromatic carbocycles. The molecule has 2 fully saturated rings. The normalized spacial score (nSPS) is 16.6. The molecule has 1 nitrogen and oxygen atoms in total. The molecule has 0 N–H and O–H groups in total. The van der Waals surface area contributed by atoms with Gasteiger partial charge in [0.2, 0.25) is 0 Å². The SMILES string of the molecule is Cc1ccc(-c2ccc(-c3ccc(-c4ccc(C(c5ccccc5)(C(F)(F)F)C(C)(C)C(C)c5ccc(-c6ccc(-c7ccc(-c8ccc(C9(C)CC[N+]%10(CCCCC%10)CC9)cc8)cc7)cc6)cc5)cc4)cc3)cc2)cc1. The van der Waals surface area contributed by atoms with Crippen molar-refractivity contribution in [3.8, 4) is 66.8 Å². The van der Waals surface area contributed by atoms with Gasteiger partial charge >= 0.3 is 6.18 Å². The van der Waals surface area contributed by atoms with Gasteiger partial charge in [0.15, 0.2) is 0 Å². The Balaban J connectivity index is 0.784. The summed E-state index contributed by atoms with van der Waals surface area (Å²) in [5, 5.41) is 0. The minimum Gasteiger partial charge on any atom is -0.324 e. The Labute approximate surface area is 455 Å². The van der Waals surface area contributed by atoms with Crippen LogP contribution in [0.4, 0.5) is 13.2 Å². The third-order valence-corrected chi connectivity index (χ3v) is 18.6.